The van der Waals surface area contributed by atoms with Gasteiger partial charge in [0.25, 0.3) is 0 Å². The Balaban J connectivity index is 2.35. The highest BCUT2D eigenvalue weighted by atomic mass is 79.9. The van der Waals surface area contributed by atoms with Gasteiger partial charge < -0.3 is 19.8 Å². The Bertz CT molecular complexity index is 1050. The molecule has 2 N–H and O–H groups in total. The summed E-state index contributed by atoms with van der Waals surface area (Å²) in [5.41, 5.74) is -0.0202. The van der Waals surface area contributed by atoms with Crippen LogP contribution in [0.15, 0.2) is 34.8 Å². The van der Waals surface area contributed by atoms with Gasteiger partial charge in [0.05, 0.1) is 0 Å². The van der Waals surface area contributed by atoms with Crippen LogP contribution in [-0.2, 0) is 9.53 Å². The maximum atomic E-state index is 13.1. The summed E-state index contributed by atoms with van der Waals surface area (Å²) in [6.45, 7) is 16.3. The van der Waals surface area contributed by atoms with Crippen molar-refractivity contribution in [1.29, 1.82) is 0 Å². The molecule has 6 nitrogen and oxygen atoms in total. The highest BCUT2D eigenvalue weighted by Gasteiger charge is 2.39. The van der Waals surface area contributed by atoms with Crippen molar-refractivity contribution in [2.45, 2.75) is 77.7 Å². The number of hydrogen-bond acceptors (Lipinski definition) is 5. The van der Waals surface area contributed by atoms with E-state index >= 15 is 0 Å². The first-order chi connectivity index (χ1) is 15.5. The van der Waals surface area contributed by atoms with Gasteiger partial charge in [-0.1, -0.05) is 36.7 Å². The van der Waals surface area contributed by atoms with E-state index in [1.54, 1.807) is 20.8 Å². The summed E-state index contributed by atoms with van der Waals surface area (Å²) < 4.78 is 12.7. The van der Waals surface area contributed by atoms with Gasteiger partial charge in [0, 0.05) is 15.5 Å². The van der Waals surface area contributed by atoms with Crippen molar-refractivity contribution in [3.8, 4) is 5.75 Å². The van der Waals surface area contributed by atoms with Crippen LogP contribution in [0.1, 0.15) is 48.0 Å². The summed E-state index contributed by atoms with van der Waals surface area (Å²) in [7, 11) is -2.03. The first kappa shape index (κ1) is 28.5. The lowest BCUT2D eigenvalue weighted by Gasteiger charge is -2.36. The predicted molar refractivity (Wildman–Crippen MR) is 150 cm³/mol. The molecule has 0 bridgehead atoms. The Morgan fingerprint density at radius 2 is 1.71 bits per heavy atom. The molecule has 34 heavy (non-hydrogen) atoms. The van der Waals surface area contributed by atoms with Crippen molar-refractivity contribution in [2.75, 3.05) is 11.1 Å². The molecular formula is C25H37BrN2O4SSi. The van der Waals surface area contributed by atoms with E-state index in [0.717, 1.165) is 21.0 Å². The van der Waals surface area contributed by atoms with Gasteiger partial charge in [-0.15, -0.1) is 0 Å². The van der Waals surface area contributed by atoms with Crippen molar-refractivity contribution in [3.05, 3.63) is 34.8 Å². The van der Waals surface area contributed by atoms with Crippen LogP contribution in [0.4, 0.5) is 10.5 Å². The highest BCUT2D eigenvalue weighted by molar-refractivity contribution is 9.10. The molecule has 2 rings (SSSR count). The van der Waals surface area contributed by atoms with E-state index in [4.69, 9.17) is 9.16 Å². The first-order valence-electron chi connectivity index (χ1n) is 11.4. The third kappa shape index (κ3) is 7.65. The number of carbonyl (C=O) groups excluding carboxylic acids is 2. The molecule has 0 heterocycles. The van der Waals surface area contributed by atoms with Gasteiger partial charge in [0.2, 0.25) is 14.2 Å². The molecule has 0 aliphatic carbocycles. The smallest absolute Gasteiger partial charge is 0.408 e. The molecule has 1 unspecified atom stereocenters. The average Bonchev–Trinajstić information content (AvgIpc) is 2.67. The van der Waals surface area contributed by atoms with Gasteiger partial charge in [-0.25, -0.2) is 4.79 Å². The molecule has 0 aliphatic rings. The molecule has 0 aromatic heterocycles. The molecule has 2 aromatic carbocycles. The van der Waals surface area contributed by atoms with E-state index in [9.17, 15) is 9.59 Å². The van der Waals surface area contributed by atoms with Crippen molar-refractivity contribution in [1.82, 2.24) is 5.32 Å². The fourth-order valence-corrected chi connectivity index (χ4v) is 4.74. The molecule has 2 aromatic rings. The van der Waals surface area contributed by atoms with Gasteiger partial charge in [-0.05, 0) is 86.8 Å². The lowest BCUT2D eigenvalue weighted by atomic mass is 10.1. The number of fused-ring (bicyclic) bond motifs is 1. The third-order valence-electron chi connectivity index (χ3n) is 5.80. The summed E-state index contributed by atoms with van der Waals surface area (Å²) in [5.74, 6) is 0.866. The largest absolute Gasteiger partial charge is 0.543 e. The van der Waals surface area contributed by atoms with Gasteiger partial charge in [0.15, 0.2) is 0 Å². The predicted octanol–water partition coefficient (Wildman–Crippen LogP) is 7.14. The lowest BCUT2D eigenvalue weighted by molar-refractivity contribution is -0.118. The molecule has 1 atom stereocenters. The zero-order valence-electron chi connectivity index (χ0n) is 21.3. The number of benzene rings is 2. The summed E-state index contributed by atoms with van der Waals surface area (Å²) >= 11 is 7.85. The van der Waals surface area contributed by atoms with Crippen molar-refractivity contribution < 1.29 is 18.8 Å². The van der Waals surface area contributed by atoms with Crippen LogP contribution in [0.3, 0.4) is 0 Å². The Hall–Kier alpha value is -1.71. The number of amides is 2. The monoisotopic (exact) mass is 568 g/mol. The maximum Gasteiger partial charge on any atom is 0.408 e. The van der Waals surface area contributed by atoms with E-state index in [-0.39, 0.29) is 10.9 Å². The SMILES string of the molecule is CC(C)(C)OC(=O)NC(CCS)C(=O)Nc1ccc(Br)c2ccc(O[Si](C)(C)C(C)(C)C)cc12. The number of anilines is 1. The average molecular weight is 570 g/mol. The Kier molecular flexibility index (Phi) is 9.15. The zero-order valence-corrected chi connectivity index (χ0v) is 24.8. The Morgan fingerprint density at radius 1 is 1.06 bits per heavy atom. The first-order valence-corrected chi connectivity index (χ1v) is 15.7. The Labute approximate surface area is 218 Å². The summed E-state index contributed by atoms with van der Waals surface area (Å²) in [6.07, 6.45) is -0.275. The van der Waals surface area contributed by atoms with Crippen molar-refractivity contribution >= 4 is 65.3 Å². The Morgan fingerprint density at radius 3 is 2.26 bits per heavy atom. The number of alkyl carbamates (subject to hydrolysis) is 1. The summed E-state index contributed by atoms with van der Waals surface area (Å²) in [4.78, 5) is 25.4. The quantitative estimate of drug-likeness (QED) is 0.245. The van der Waals surface area contributed by atoms with Crippen molar-refractivity contribution in [2.24, 2.45) is 0 Å². The lowest BCUT2D eigenvalue weighted by Crippen LogP contribution is -2.46. The van der Waals surface area contributed by atoms with Crippen LogP contribution in [0, 0.1) is 0 Å². The molecule has 0 spiro atoms. The normalized spacial score (nSPS) is 13.4. The highest BCUT2D eigenvalue weighted by Crippen LogP contribution is 2.39. The van der Waals surface area contributed by atoms with Crippen LogP contribution in [0.5, 0.6) is 5.75 Å². The van der Waals surface area contributed by atoms with Gasteiger partial charge in [0.1, 0.15) is 17.4 Å². The summed E-state index contributed by atoms with van der Waals surface area (Å²) in [5, 5.41) is 7.50. The molecule has 0 fully saturated rings. The van der Waals surface area contributed by atoms with Gasteiger partial charge in [-0.2, -0.15) is 12.6 Å². The number of nitrogens with one attached hydrogen (secondary N) is 2. The molecular weight excluding hydrogens is 532 g/mol. The number of hydrogen-bond donors (Lipinski definition) is 3. The van der Waals surface area contributed by atoms with E-state index in [1.807, 2.05) is 30.3 Å². The minimum absolute atomic E-state index is 0.0592. The van der Waals surface area contributed by atoms with Gasteiger partial charge in [-0.3, -0.25) is 4.79 Å². The van der Waals surface area contributed by atoms with Gasteiger partial charge >= 0.3 is 6.09 Å². The van der Waals surface area contributed by atoms with Crippen LogP contribution >= 0.6 is 28.6 Å². The van der Waals surface area contributed by atoms with Crippen molar-refractivity contribution in [3.63, 3.8) is 0 Å². The molecule has 0 radical (unpaired) electrons. The maximum absolute atomic E-state index is 13.1. The number of rotatable bonds is 7. The van der Waals surface area contributed by atoms with E-state index in [2.05, 4.69) is 73.1 Å². The minimum Gasteiger partial charge on any atom is -0.543 e. The number of halogens is 1. The molecule has 188 valence electrons. The van der Waals surface area contributed by atoms with Crippen LogP contribution in [0.2, 0.25) is 18.1 Å². The number of thiol groups is 1. The van der Waals surface area contributed by atoms with E-state index < -0.39 is 26.1 Å². The van der Waals surface area contributed by atoms with E-state index in [0.29, 0.717) is 17.9 Å². The number of carbonyl (C=O) groups is 2. The fourth-order valence-electron chi connectivity index (χ4n) is 2.98. The fraction of sp³-hybridized carbons (Fsp3) is 0.520. The standard InChI is InChI=1S/C25H37BrN2O4SSi/c1-24(2,3)31-23(30)28-21(13-14-33)22(29)27-20-12-11-19(26)17-10-9-16(15-18(17)20)32-34(7,8)25(4,5)6/h9-12,15,21,33H,13-14H2,1-8H3,(H,27,29)(H,28,30). The summed E-state index contributed by atoms with van der Waals surface area (Å²) in [6, 6.07) is 8.87. The molecule has 2 amide bonds. The third-order valence-corrected chi connectivity index (χ3v) is 11.1. The second-order valence-corrected chi connectivity index (χ2v) is 16.9. The molecule has 0 saturated carbocycles. The van der Waals surface area contributed by atoms with Crippen LogP contribution < -0.4 is 15.1 Å². The second kappa shape index (κ2) is 10.9. The molecule has 0 aliphatic heterocycles. The topological polar surface area (TPSA) is 76.7 Å². The van der Waals surface area contributed by atoms with Crippen LogP contribution in [0.25, 0.3) is 10.8 Å². The minimum atomic E-state index is -2.03. The number of ether oxygens (including phenoxy) is 1. The molecule has 0 saturated heterocycles. The second-order valence-electron chi connectivity index (χ2n) is 10.9. The van der Waals surface area contributed by atoms with E-state index in [1.165, 1.54) is 0 Å². The zero-order chi connectivity index (χ0) is 25.9. The van der Waals surface area contributed by atoms with Crippen LogP contribution in [-0.4, -0.2) is 37.7 Å². The molecule has 9 heteroatoms.